The lowest BCUT2D eigenvalue weighted by atomic mass is 10.1. The van der Waals surface area contributed by atoms with E-state index in [9.17, 15) is 13.2 Å². The van der Waals surface area contributed by atoms with Crippen molar-refractivity contribution in [2.24, 2.45) is 5.73 Å². The third kappa shape index (κ3) is 3.79. The van der Waals surface area contributed by atoms with E-state index in [0.29, 0.717) is 24.3 Å². The molecule has 2 aromatic rings. The molecule has 0 bridgehead atoms. The summed E-state index contributed by atoms with van der Waals surface area (Å²) in [4.78, 5) is 3.45. The molecule has 2 heterocycles. The van der Waals surface area contributed by atoms with E-state index < -0.39 is 11.9 Å². The first-order chi connectivity index (χ1) is 9.91. The fourth-order valence-electron chi connectivity index (χ4n) is 1.77. The largest absolute Gasteiger partial charge is 0.433 e. The average molecular weight is 299 g/mol. The van der Waals surface area contributed by atoms with Gasteiger partial charge in [-0.25, -0.2) is 0 Å². The maximum Gasteiger partial charge on any atom is 0.433 e. The molecule has 0 saturated heterocycles. The van der Waals surface area contributed by atoms with Crippen LogP contribution in [0.2, 0.25) is 0 Å². The maximum absolute atomic E-state index is 12.5. The fraction of sp³-hybridized carbons (Fsp3) is 0.385. The minimum absolute atomic E-state index is 0.137. The van der Waals surface area contributed by atoms with Crippen molar-refractivity contribution in [1.82, 2.24) is 20.5 Å². The van der Waals surface area contributed by atoms with Gasteiger partial charge in [0.2, 0.25) is 0 Å². The van der Waals surface area contributed by atoms with Crippen LogP contribution in [-0.4, -0.2) is 27.8 Å². The Balaban J connectivity index is 2.17. The van der Waals surface area contributed by atoms with Crippen LogP contribution < -0.4 is 11.1 Å². The normalized spacial score (nSPS) is 13.4. The summed E-state index contributed by atoms with van der Waals surface area (Å²) >= 11 is 0. The third-order valence-corrected chi connectivity index (χ3v) is 3.05. The van der Waals surface area contributed by atoms with Gasteiger partial charge in [0.25, 0.3) is 0 Å². The monoisotopic (exact) mass is 299 g/mol. The zero-order chi connectivity index (χ0) is 15.5. The number of pyridine rings is 1. The fourth-order valence-corrected chi connectivity index (χ4v) is 1.77. The molecule has 2 rings (SSSR count). The highest BCUT2D eigenvalue weighted by Gasteiger charge is 2.32. The number of halogens is 3. The van der Waals surface area contributed by atoms with Gasteiger partial charge in [0.05, 0.1) is 11.9 Å². The number of aromatic nitrogens is 3. The van der Waals surface area contributed by atoms with Gasteiger partial charge in [-0.3, -0.25) is 10.1 Å². The summed E-state index contributed by atoms with van der Waals surface area (Å²) in [7, 11) is 0. The minimum atomic E-state index is -4.44. The van der Waals surface area contributed by atoms with Crippen LogP contribution in [0.15, 0.2) is 24.5 Å². The molecule has 0 aliphatic rings. The Morgan fingerprint density at radius 2 is 2.10 bits per heavy atom. The molecule has 0 aliphatic heterocycles. The summed E-state index contributed by atoms with van der Waals surface area (Å²) in [5.41, 5.74) is 6.64. The van der Waals surface area contributed by atoms with Crippen LogP contribution in [0.25, 0.3) is 11.3 Å². The first-order valence-electron chi connectivity index (χ1n) is 6.41. The third-order valence-electron chi connectivity index (χ3n) is 3.05. The van der Waals surface area contributed by atoms with Crippen LogP contribution in [-0.2, 0) is 12.7 Å². The number of rotatable bonds is 5. The lowest BCUT2D eigenvalue weighted by Gasteiger charge is -2.11. The second-order valence-electron chi connectivity index (χ2n) is 4.72. The van der Waals surface area contributed by atoms with E-state index in [2.05, 4.69) is 20.5 Å². The SMILES string of the molecule is CC(CN)NCc1cn[nH]c1-c1ccc(C(F)(F)F)nc1. The molecule has 21 heavy (non-hydrogen) atoms. The summed E-state index contributed by atoms with van der Waals surface area (Å²) in [6, 6.07) is 2.47. The Hall–Kier alpha value is -1.93. The second-order valence-corrected chi connectivity index (χ2v) is 4.72. The lowest BCUT2D eigenvalue weighted by molar-refractivity contribution is -0.141. The van der Waals surface area contributed by atoms with Crippen LogP contribution in [0.4, 0.5) is 13.2 Å². The number of nitrogens with two attached hydrogens (primary N) is 1. The van der Waals surface area contributed by atoms with Crippen molar-refractivity contribution < 1.29 is 13.2 Å². The predicted molar refractivity (Wildman–Crippen MR) is 72.2 cm³/mol. The number of nitrogens with one attached hydrogen (secondary N) is 2. The van der Waals surface area contributed by atoms with E-state index in [-0.39, 0.29) is 6.04 Å². The summed E-state index contributed by atoms with van der Waals surface area (Å²) in [6.45, 7) is 2.96. The van der Waals surface area contributed by atoms with Gasteiger partial charge in [-0.15, -0.1) is 0 Å². The molecule has 1 atom stereocenters. The van der Waals surface area contributed by atoms with Gasteiger partial charge >= 0.3 is 6.18 Å². The average Bonchev–Trinajstić information content (AvgIpc) is 2.92. The first kappa shape index (κ1) is 15.5. The molecule has 2 aromatic heterocycles. The molecule has 1 unspecified atom stereocenters. The van der Waals surface area contributed by atoms with Crippen molar-refractivity contribution in [3.8, 4) is 11.3 Å². The van der Waals surface area contributed by atoms with Crippen LogP contribution in [0.1, 0.15) is 18.2 Å². The predicted octanol–water partition coefficient (Wildman–Crippen LogP) is 1.93. The molecule has 0 spiro atoms. The molecule has 0 radical (unpaired) electrons. The zero-order valence-electron chi connectivity index (χ0n) is 11.4. The van der Waals surface area contributed by atoms with Gasteiger partial charge < -0.3 is 11.1 Å². The lowest BCUT2D eigenvalue weighted by Crippen LogP contribution is -2.32. The molecule has 4 N–H and O–H groups in total. The first-order valence-corrected chi connectivity index (χ1v) is 6.41. The van der Waals surface area contributed by atoms with Crippen molar-refractivity contribution in [1.29, 1.82) is 0 Å². The van der Waals surface area contributed by atoms with Crippen LogP contribution >= 0.6 is 0 Å². The summed E-state index contributed by atoms with van der Waals surface area (Å²) in [5.74, 6) is 0. The molecule has 0 amide bonds. The van der Waals surface area contributed by atoms with E-state index in [1.165, 1.54) is 12.3 Å². The van der Waals surface area contributed by atoms with E-state index >= 15 is 0 Å². The van der Waals surface area contributed by atoms with Gasteiger partial charge in [0, 0.05) is 36.5 Å². The number of H-pyrrole nitrogens is 1. The topological polar surface area (TPSA) is 79.6 Å². The van der Waals surface area contributed by atoms with Crippen molar-refractivity contribution in [3.63, 3.8) is 0 Å². The van der Waals surface area contributed by atoms with Crippen LogP contribution in [0, 0.1) is 0 Å². The number of alkyl halides is 3. The molecule has 0 fully saturated rings. The van der Waals surface area contributed by atoms with Gasteiger partial charge in [-0.2, -0.15) is 18.3 Å². The molecule has 8 heteroatoms. The number of aromatic amines is 1. The summed E-state index contributed by atoms with van der Waals surface area (Å²) in [6.07, 6.45) is -1.62. The smallest absolute Gasteiger partial charge is 0.329 e. The highest BCUT2D eigenvalue weighted by atomic mass is 19.4. The highest BCUT2D eigenvalue weighted by molar-refractivity contribution is 5.61. The second kappa shape index (κ2) is 6.23. The van der Waals surface area contributed by atoms with Crippen molar-refractivity contribution >= 4 is 0 Å². The molecular weight excluding hydrogens is 283 g/mol. The summed E-state index contributed by atoms with van der Waals surface area (Å²) < 4.78 is 37.5. The van der Waals surface area contributed by atoms with Gasteiger partial charge in [0.1, 0.15) is 5.69 Å². The van der Waals surface area contributed by atoms with Crippen LogP contribution in [0.5, 0.6) is 0 Å². The van der Waals surface area contributed by atoms with Gasteiger partial charge in [0.15, 0.2) is 0 Å². The summed E-state index contributed by atoms with van der Waals surface area (Å²) in [5, 5.41) is 9.90. The van der Waals surface area contributed by atoms with Crippen molar-refractivity contribution in [2.45, 2.75) is 25.7 Å². The standard InChI is InChI=1S/C13H16F3N5/c1-8(4-17)18-6-10-7-20-21-12(10)9-2-3-11(19-5-9)13(14,15)16/h2-3,5,7-8,18H,4,6,17H2,1H3,(H,20,21). The van der Waals surface area contributed by atoms with E-state index in [1.54, 1.807) is 6.20 Å². The highest BCUT2D eigenvalue weighted by Crippen LogP contribution is 2.29. The molecule has 5 nitrogen and oxygen atoms in total. The van der Waals surface area contributed by atoms with Gasteiger partial charge in [-0.1, -0.05) is 0 Å². The Morgan fingerprint density at radius 3 is 2.67 bits per heavy atom. The minimum Gasteiger partial charge on any atom is -0.329 e. The van der Waals surface area contributed by atoms with E-state index in [1.807, 2.05) is 6.92 Å². The van der Waals surface area contributed by atoms with E-state index in [0.717, 1.165) is 11.6 Å². The molecule has 0 aliphatic carbocycles. The molecule has 114 valence electrons. The quantitative estimate of drug-likeness (QED) is 0.788. The molecular formula is C13H16F3N5. The zero-order valence-corrected chi connectivity index (χ0v) is 11.4. The number of hydrogen-bond acceptors (Lipinski definition) is 4. The Bertz CT molecular complexity index is 576. The Morgan fingerprint density at radius 1 is 1.33 bits per heavy atom. The van der Waals surface area contributed by atoms with Crippen LogP contribution in [0.3, 0.4) is 0 Å². The number of hydrogen-bond donors (Lipinski definition) is 3. The molecule has 0 saturated carbocycles. The van der Waals surface area contributed by atoms with Crippen molar-refractivity contribution in [3.05, 3.63) is 35.8 Å². The van der Waals surface area contributed by atoms with Crippen molar-refractivity contribution in [2.75, 3.05) is 6.54 Å². The number of nitrogens with zero attached hydrogens (tertiary/aromatic N) is 2. The van der Waals surface area contributed by atoms with E-state index in [4.69, 9.17) is 5.73 Å². The Kier molecular flexibility index (Phi) is 4.59. The maximum atomic E-state index is 12.5. The Labute approximate surface area is 119 Å². The molecule has 0 aromatic carbocycles. The van der Waals surface area contributed by atoms with Gasteiger partial charge in [-0.05, 0) is 19.1 Å².